The van der Waals surface area contributed by atoms with Gasteiger partial charge in [0.15, 0.2) is 0 Å². The monoisotopic (exact) mass is 373 g/mol. The van der Waals surface area contributed by atoms with Crippen LogP contribution in [-0.4, -0.2) is 53.4 Å². The molecule has 0 unspecified atom stereocenters. The minimum atomic E-state index is 0.0708. The van der Waals surface area contributed by atoms with Gasteiger partial charge in [-0.1, -0.05) is 30.3 Å². The Morgan fingerprint density at radius 3 is 2.52 bits per heavy atom. The van der Waals surface area contributed by atoms with Crippen LogP contribution in [0.3, 0.4) is 0 Å². The van der Waals surface area contributed by atoms with Crippen LogP contribution in [0.5, 0.6) is 0 Å². The van der Waals surface area contributed by atoms with Crippen LogP contribution in [0, 0.1) is 0 Å². The number of piperazine rings is 1. The second-order valence-electron chi connectivity index (χ2n) is 5.76. The van der Waals surface area contributed by atoms with Gasteiger partial charge in [0.25, 0.3) is 5.91 Å². The average Bonchev–Trinajstić information content (AvgIpc) is 2.61. The summed E-state index contributed by atoms with van der Waals surface area (Å²) in [6, 6.07) is 12.4. The molecular weight excluding hydrogens is 354 g/mol. The van der Waals surface area contributed by atoms with Gasteiger partial charge in [0, 0.05) is 49.6 Å². The van der Waals surface area contributed by atoms with Gasteiger partial charge in [0.1, 0.15) is 0 Å². The number of amides is 1. The van der Waals surface area contributed by atoms with Crippen molar-refractivity contribution in [2.45, 2.75) is 6.42 Å². The molecule has 0 atom stereocenters. The standard InChI is InChI=1S/C18H20BrN3O/c19-17-12-16(13-20-14-17)18(23)22-10-8-21(9-11-22)7-6-15-4-2-1-3-5-15/h1-5,12-14H,6-11H2. The summed E-state index contributed by atoms with van der Waals surface area (Å²) in [5.74, 6) is 0.0708. The average molecular weight is 374 g/mol. The Balaban J connectivity index is 1.49. The first kappa shape index (κ1) is 16.1. The number of aromatic nitrogens is 1. The van der Waals surface area contributed by atoms with E-state index in [4.69, 9.17) is 0 Å². The van der Waals surface area contributed by atoms with Crippen molar-refractivity contribution in [2.75, 3.05) is 32.7 Å². The van der Waals surface area contributed by atoms with E-state index in [9.17, 15) is 4.79 Å². The van der Waals surface area contributed by atoms with E-state index < -0.39 is 0 Å². The van der Waals surface area contributed by atoms with Crippen LogP contribution >= 0.6 is 15.9 Å². The molecule has 4 nitrogen and oxygen atoms in total. The van der Waals surface area contributed by atoms with Crippen LogP contribution in [0.15, 0.2) is 53.3 Å². The van der Waals surface area contributed by atoms with Crippen molar-refractivity contribution in [3.05, 3.63) is 64.4 Å². The van der Waals surface area contributed by atoms with Crippen molar-refractivity contribution in [2.24, 2.45) is 0 Å². The summed E-state index contributed by atoms with van der Waals surface area (Å²) in [5.41, 5.74) is 2.02. The van der Waals surface area contributed by atoms with E-state index >= 15 is 0 Å². The molecule has 3 rings (SSSR count). The summed E-state index contributed by atoms with van der Waals surface area (Å²) in [5, 5.41) is 0. The molecule has 0 saturated carbocycles. The van der Waals surface area contributed by atoms with E-state index in [1.807, 2.05) is 17.0 Å². The highest BCUT2D eigenvalue weighted by Gasteiger charge is 2.22. The van der Waals surface area contributed by atoms with Crippen molar-refractivity contribution < 1.29 is 4.79 Å². The van der Waals surface area contributed by atoms with Gasteiger partial charge in [-0.3, -0.25) is 14.7 Å². The van der Waals surface area contributed by atoms with Crippen LogP contribution in [-0.2, 0) is 6.42 Å². The minimum Gasteiger partial charge on any atom is -0.336 e. The number of pyridine rings is 1. The molecule has 1 aliphatic rings. The molecule has 2 aromatic rings. The third-order valence-electron chi connectivity index (χ3n) is 4.17. The van der Waals surface area contributed by atoms with E-state index in [2.05, 4.69) is 50.1 Å². The van der Waals surface area contributed by atoms with E-state index in [-0.39, 0.29) is 5.91 Å². The predicted molar refractivity (Wildman–Crippen MR) is 94.4 cm³/mol. The second kappa shape index (κ2) is 7.70. The fourth-order valence-electron chi connectivity index (χ4n) is 2.82. The Labute approximate surface area is 145 Å². The molecule has 1 fully saturated rings. The Hall–Kier alpha value is -1.72. The maximum Gasteiger partial charge on any atom is 0.255 e. The molecule has 1 aromatic heterocycles. The van der Waals surface area contributed by atoms with E-state index in [0.717, 1.165) is 43.6 Å². The lowest BCUT2D eigenvalue weighted by Crippen LogP contribution is -2.49. The summed E-state index contributed by atoms with van der Waals surface area (Å²) in [6.07, 6.45) is 4.39. The van der Waals surface area contributed by atoms with Crippen molar-refractivity contribution in [1.82, 2.24) is 14.8 Å². The lowest BCUT2D eigenvalue weighted by molar-refractivity contribution is 0.0638. The number of rotatable bonds is 4. The number of halogens is 1. The Bertz CT molecular complexity index is 654. The van der Waals surface area contributed by atoms with Gasteiger partial charge < -0.3 is 4.90 Å². The molecular formula is C18H20BrN3O. The molecule has 1 aromatic carbocycles. The third kappa shape index (κ3) is 4.39. The normalized spacial score (nSPS) is 15.6. The SMILES string of the molecule is O=C(c1cncc(Br)c1)N1CCN(CCc2ccccc2)CC1. The van der Waals surface area contributed by atoms with Gasteiger partial charge in [-0.2, -0.15) is 0 Å². The zero-order valence-electron chi connectivity index (χ0n) is 13.0. The van der Waals surface area contributed by atoms with Crippen molar-refractivity contribution >= 4 is 21.8 Å². The lowest BCUT2D eigenvalue weighted by atomic mass is 10.1. The molecule has 0 aliphatic carbocycles. The number of carbonyl (C=O) groups excluding carboxylic acids is 1. The summed E-state index contributed by atoms with van der Waals surface area (Å²) in [6.45, 7) is 4.46. The Kier molecular flexibility index (Phi) is 5.41. The van der Waals surface area contributed by atoms with Gasteiger partial charge in [-0.25, -0.2) is 0 Å². The number of hydrogen-bond acceptors (Lipinski definition) is 3. The molecule has 5 heteroatoms. The smallest absolute Gasteiger partial charge is 0.255 e. The fraction of sp³-hybridized carbons (Fsp3) is 0.333. The Morgan fingerprint density at radius 1 is 1.09 bits per heavy atom. The molecule has 0 radical (unpaired) electrons. The van der Waals surface area contributed by atoms with E-state index in [1.54, 1.807) is 12.4 Å². The maximum atomic E-state index is 12.5. The summed E-state index contributed by atoms with van der Waals surface area (Å²) < 4.78 is 0.838. The number of benzene rings is 1. The van der Waals surface area contributed by atoms with Gasteiger partial charge in [-0.15, -0.1) is 0 Å². The van der Waals surface area contributed by atoms with Crippen LogP contribution in [0.25, 0.3) is 0 Å². The minimum absolute atomic E-state index is 0.0708. The fourth-order valence-corrected chi connectivity index (χ4v) is 3.18. The van der Waals surface area contributed by atoms with Crippen molar-refractivity contribution in [3.63, 3.8) is 0 Å². The molecule has 1 aliphatic heterocycles. The molecule has 1 amide bonds. The third-order valence-corrected chi connectivity index (χ3v) is 4.60. The zero-order valence-corrected chi connectivity index (χ0v) is 14.6. The van der Waals surface area contributed by atoms with Crippen molar-refractivity contribution in [3.8, 4) is 0 Å². The highest BCUT2D eigenvalue weighted by Crippen LogP contribution is 2.13. The number of hydrogen-bond donors (Lipinski definition) is 0. The van der Waals surface area contributed by atoms with Gasteiger partial charge in [0.05, 0.1) is 5.56 Å². The highest BCUT2D eigenvalue weighted by molar-refractivity contribution is 9.10. The van der Waals surface area contributed by atoms with Crippen molar-refractivity contribution in [1.29, 1.82) is 0 Å². The van der Waals surface area contributed by atoms with Gasteiger partial charge >= 0.3 is 0 Å². The molecule has 2 heterocycles. The first-order chi connectivity index (χ1) is 11.2. The molecule has 23 heavy (non-hydrogen) atoms. The molecule has 0 spiro atoms. The lowest BCUT2D eigenvalue weighted by Gasteiger charge is -2.34. The summed E-state index contributed by atoms with van der Waals surface area (Å²) in [4.78, 5) is 20.9. The molecule has 120 valence electrons. The number of carbonyl (C=O) groups is 1. The topological polar surface area (TPSA) is 36.4 Å². The highest BCUT2D eigenvalue weighted by atomic mass is 79.9. The van der Waals surface area contributed by atoms with E-state index in [0.29, 0.717) is 5.56 Å². The van der Waals surface area contributed by atoms with Gasteiger partial charge in [0.2, 0.25) is 0 Å². The number of nitrogens with zero attached hydrogens (tertiary/aromatic N) is 3. The molecule has 0 bridgehead atoms. The maximum absolute atomic E-state index is 12.5. The van der Waals surface area contributed by atoms with Crippen LogP contribution in [0.1, 0.15) is 15.9 Å². The molecule has 0 N–H and O–H groups in total. The largest absolute Gasteiger partial charge is 0.336 e. The van der Waals surface area contributed by atoms with Crippen LogP contribution in [0.4, 0.5) is 0 Å². The second-order valence-corrected chi connectivity index (χ2v) is 6.68. The zero-order chi connectivity index (χ0) is 16.1. The van der Waals surface area contributed by atoms with Crippen LogP contribution in [0.2, 0.25) is 0 Å². The summed E-state index contributed by atoms with van der Waals surface area (Å²) >= 11 is 3.37. The van der Waals surface area contributed by atoms with E-state index in [1.165, 1.54) is 5.56 Å². The quantitative estimate of drug-likeness (QED) is 0.826. The predicted octanol–water partition coefficient (Wildman–Crippen LogP) is 2.84. The first-order valence-corrected chi connectivity index (χ1v) is 8.68. The Morgan fingerprint density at radius 2 is 1.83 bits per heavy atom. The summed E-state index contributed by atoms with van der Waals surface area (Å²) in [7, 11) is 0. The molecule has 1 saturated heterocycles. The van der Waals surface area contributed by atoms with Gasteiger partial charge in [-0.05, 0) is 34.0 Å². The first-order valence-electron chi connectivity index (χ1n) is 7.88. The van der Waals surface area contributed by atoms with Crippen LogP contribution < -0.4 is 0 Å².